The molecule has 1 aromatic carbocycles. The molecule has 0 bridgehead atoms. The number of imidazole rings is 1. The smallest absolute Gasteiger partial charge is 0.332 e. The van der Waals surface area contributed by atoms with Crippen molar-refractivity contribution in [2.24, 2.45) is 14.1 Å². The minimum atomic E-state index is -0.456. The summed E-state index contributed by atoms with van der Waals surface area (Å²) in [5, 5.41) is 0. The third-order valence-electron chi connectivity index (χ3n) is 3.84. The monoisotopic (exact) mass is 332 g/mol. The first-order valence-electron chi connectivity index (χ1n) is 7.47. The second kappa shape index (κ2) is 5.95. The zero-order valence-corrected chi connectivity index (χ0v) is 13.6. The van der Waals surface area contributed by atoms with Crippen molar-refractivity contribution in [1.29, 1.82) is 0 Å². The van der Waals surface area contributed by atoms with Gasteiger partial charge in [0.05, 0.1) is 13.2 Å². The summed E-state index contributed by atoms with van der Waals surface area (Å²) >= 11 is 0. The molecule has 3 aromatic rings. The Bertz CT molecular complexity index is 1010. The van der Waals surface area contributed by atoms with Crippen LogP contribution in [0.1, 0.15) is 12.5 Å². The Morgan fingerprint density at radius 1 is 1.12 bits per heavy atom. The summed E-state index contributed by atoms with van der Waals surface area (Å²) in [4.78, 5) is 28.9. The maximum atomic E-state index is 13.1. The summed E-state index contributed by atoms with van der Waals surface area (Å²) in [7, 11) is 2.97. The zero-order chi connectivity index (χ0) is 17.4. The maximum absolute atomic E-state index is 13.1. The number of hydrogen-bond donors (Lipinski definition) is 0. The number of ether oxygens (including phenoxy) is 1. The van der Waals surface area contributed by atoms with Gasteiger partial charge < -0.3 is 4.74 Å². The summed E-state index contributed by atoms with van der Waals surface area (Å²) in [6, 6.07) is 6.20. The Kier molecular flexibility index (Phi) is 3.96. The highest BCUT2D eigenvalue weighted by Gasteiger charge is 2.20. The number of aryl methyl sites for hydroxylation is 1. The van der Waals surface area contributed by atoms with Crippen LogP contribution in [0.2, 0.25) is 0 Å². The van der Waals surface area contributed by atoms with Crippen LogP contribution in [-0.4, -0.2) is 25.3 Å². The van der Waals surface area contributed by atoms with E-state index in [-0.39, 0.29) is 29.5 Å². The van der Waals surface area contributed by atoms with Gasteiger partial charge in [0.1, 0.15) is 5.82 Å². The van der Waals surface area contributed by atoms with Gasteiger partial charge in [-0.15, -0.1) is 0 Å². The average molecular weight is 332 g/mol. The molecule has 2 heterocycles. The lowest BCUT2D eigenvalue weighted by atomic mass is 10.2. The first-order chi connectivity index (χ1) is 11.4. The van der Waals surface area contributed by atoms with Crippen LogP contribution in [0, 0.1) is 5.82 Å². The van der Waals surface area contributed by atoms with E-state index < -0.39 is 11.2 Å². The van der Waals surface area contributed by atoms with Crippen molar-refractivity contribution >= 4 is 11.2 Å². The molecule has 0 unspecified atom stereocenters. The van der Waals surface area contributed by atoms with E-state index in [4.69, 9.17) is 4.74 Å². The number of aromatic nitrogens is 4. The molecule has 0 spiro atoms. The normalized spacial score (nSPS) is 11.2. The Hall–Kier alpha value is -2.90. The fourth-order valence-electron chi connectivity index (χ4n) is 2.58. The molecule has 0 radical (unpaired) electrons. The third-order valence-corrected chi connectivity index (χ3v) is 3.84. The summed E-state index contributed by atoms with van der Waals surface area (Å²) in [5.74, 6) is -0.336. The lowest BCUT2D eigenvalue weighted by Crippen LogP contribution is -2.37. The second-order valence-electron chi connectivity index (χ2n) is 5.42. The summed E-state index contributed by atoms with van der Waals surface area (Å²) in [6.45, 7) is 2.44. The third kappa shape index (κ3) is 2.49. The van der Waals surface area contributed by atoms with Crippen molar-refractivity contribution in [3.63, 3.8) is 0 Å². The van der Waals surface area contributed by atoms with E-state index in [0.29, 0.717) is 6.61 Å². The molecule has 0 aliphatic heterocycles. The lowest BCUT2D eigenvalue weighted by molar-refractivity contribution is 0.301. The van der Waals surface area contributed by atoms with Gasteiger partial charge in [-0.05, 0) is 24.6 Å². The van der Waals surface area contributed by atoms with Crippen molar-refractivity contribution in [1.82, 2.24) is 18.7 Å². The van der Waals surface area contributed by atoms with Crippen LogP contribution in [0.25, 0.3) is 11.2 Å². The van der Waals surface area contributed by atoms with Crippen molar-refractivity contribution in [2.45, 2.75) is 13.5 Å². The number of hydrogen-bond acceptors (Lipinski definition) is 4. The van der Waals surface area contributed by atoms with Crippen LogP contribution in [0.3, 0.4) is 0 Å². The molecule has 126 valence electrons. The molecular formula is C16H17FN4O3. The van der Waals surface area contributed by atoms with Gasteiger partial charge >= 0.3 is 5.69 Å². The number of fused-ring (bicyclic) bond motifs is 1. The Morgan fingerprint density at radius 3 is 2.42 bits per heavy atom. The van der Waals surface area contributed by atoms with Crippen molar-refractivity contribution in [2.75, 3.05) is 6.61 Å². The summed E-state index contributed by atoms with van der Waals surface area (Å²) in [5.41, 5.74) is 0.407. The summed E-state index contributed by atoms with van der Waals surface area (Å²) in [6.07, 6.45) is 0. The molecule has 0 atom stereocenters. The molecule has 0 fully saturated rings. The first kappa shape index (κ1) is 16.0. The van der Waals surface area contributed by atoms with Gasteiger partial charge in [-0.2, -0.15) is 4.98 Å². The van der Waals surface area contributed by atoms with Gasteiger partial charge in [0, 0.05) is 14.1 Å². The predicted molar refractivity (Wildman–Crippen MR) is 86.9 cm³/mol. The molecule has 0 saturated heterocycles. The first-order valence-corrected chi connectivity index (χ1v) is 7.47. The largest absolute Gasteiger partial charge is 0.465 e. The van der Waals surface area contributed by atoms with Crippen LogP contribution in [-0.2, 0) is 20.6 Å². The molecular weight excluding hydrogens is 315 g/mol. The minimum Gasteiger partial charge on any atom is -0.465 e. The number of halogens is 1. The van der Waals surface area contributed by atoms with Crippen LogP contribution in [0.15, 0.2) is 33.9 Å². The van der Waals surface area contributed by atoms with E-state index in [1.807, 2.05) is 0 Å². The fourth-order valence-corrected chi connectivity index (χ4v) is 2.58. The highest BCUT2D eigenvalue weighted by molar-refractivity contribution is 5.72. The zero-order valence-electron chi connectivity index (χ0n) is 13.6. The Morgan fingerprint density at radius 2 is 1.79 bits per heavy atom. The van der Waals surface area contributed by atoms with Crippen LogP contribution < -0.4 is 16.0 Å². The summed E-state index contributed by atoms with van der Waals surface area (Å²) < 4.78 is 22.6. The number of nitrogens with zero attached hydrogens (tertiary/aromatic N) is 4. The predicted octanol–water partition coefficient (Wildman–Crippen LogP) is 1.02. The van der Waals surface area contributed by atoms with Crippen molar-refractivity contribution < 1.29 is 9.13 Å². The van der Waals surface area contributed by atoms with Gasteiger partial charge in [-0.1, -0.05) is 12.1 Å². The van der Waals surface area contributed by atoms with E-state index in [1.165, 1.54) is 23.7 Å². The molecule has 0 amide bonds. The van der Waals surface area contributed by atoms with E-state index in [2.05, 4.69) is 4.98 Å². The molecule has 7 nitrogen and oxygen atoms in total. The van der Waals surface area contributed by atoms with Gasteiger partial charge in [-0.25, -0.2) is 9.18 Å². The molecule has 0 aliphatic carbocycles. The van der Waals surface area contributed by atoms with Crippen LogP contribution >= 0.6 is 0 Å². The maximum Gasteiger partial charge on any atom is 0.332 e. The van der Waals surface area contributed by atoms with Crippen LogP contribution in [0.5, 0.6) is 6.01 Å². The Balaban J connectivity index is 2.28. The van der Waals surface area contributed by atoms with E-state index in [1.54, 1.807) is 30.7 Å². The SMILES string of the molecule is CCOc1nc2c(c(=O)n(C)c(=O)n2C)n1Cc1ccc(F)cc1. The number of rotatable bonds is 4. The van der Waals surface area contributed by atoms with E-state index in [0.717, 1.165) is 10.1 Å². The second-order valence-corrected chi connectivity index (χ2v) is 5.42. The Labute approximate surface area is 136 Å². The molecule has 8 heteroatoms. The van der Waals surface area contributed by atoms with Gasteiger partial charge in [0.25, 0.3) is 11.6 Å². The highest BCUT2D eigenvalue weighted by atomic mass is 19.1. The van der Waals surface area contributed by atoms with Gasteiger partial charge in [-0.3, -0.25) is 18.5 Å². The fraction of sp³-hybridized carbons (Fsp3) is 0.312. The van der Waals surface area contributed by atoms with Crippen molar-refractivity contribution in [3.05, 3.63) is 56.5 Å². The van der Waals surface area contributed by atoms with E-state index >= 15 is 0 Å². The minimum absolute atomic E-state index is 0.245. The van der Waals surface area contributed by atoms with Crippen molar-refractivity contribution in [3.8, 4) is 6.01 Å². The average Bonchev–Trinajstić information content (AvgIpc) is 2.92. The topological polar surface area (TPSA) is 71.1 Å². The lowest BCUT2D eigenvalue weighted by Gasteiger charge is -2.09. The quantitative estimate of drug-likeness (QED) is 0.715. The van der Waals surface area contributed by atoms with Gasteiger partial charge in [0.2, 0.25) is 0 Å². The van der Waals surface area contributed by atoms with Gasteiger partial charge in [0.15, 0.2) is 11.2 Å². The highest BCUT2D eigenvalue weighted by Crippen LogP contribution is 2.19. The van der Waals surface area contributed by atoms with E-state index in [9.17, 15) is 14.0 Å². The molecule has 0 N–H and O–H groups in total. The molecule has 2 aromatic heterocycles. The number of benzene rings is 1. The molecule has 0 aliphatic rings. The molecule has 24 heavy (non-hydrogen) atoms. The standard InChI is InChI=1S/C16H17FN4O3/c1-4-24-15-18-13-12(14(22)20(3)16(23)19(13)2)21(15)9-10-5-7-11(17)8-6-10/h5-8H,4,9H2,1-3H3. The van der Waals surface area contributed by atoms with Crippen LogP contribution in [0.4, 0.5) is 4.39 Å². The molecule has 0 saturated carbocycles. The molecule has 3 rings (SSSR count).